The van der Waals surface area contributed by atoms with Gasteiger partial charge in [0.1, 0.15) is 0 Å². The van der Waals surface area contributed by atoms with Crippen molar-refractivity contribution in [1.82, 2.24) is 0 Å². The van der Waals surface area contributed by atoms with Crippen LogP contribution in [0.4, 0.5) is 0 Å². The van der Waals surface area contributed by atoms with Gasteiger partial charge >= 0.3 is 0 Å². The van der Waals surface area contributed by atoms with E-state index in [2.05, 4.69) is 0 Å². The zero-order valence-corrected chi connectivity index (χ0v) is 8.44. The summed E-state index contributed by atoms with van der Waals surface area (Å²) in [6.45, 7) is 1.01. The van der Waals surface area contributed by atoms with Crippen molar-refractivity contribution >= 4 is 5.78 Å². The van der Waals surface area contributed by atoms with Gasteiger partial charge in [-0.1, -0.05) is 0 Å². The summed E-state index contributed by atoms with van der Waals surface area (Å²) in [6.07, 6.45) is 1.06. The van der Waals surface area contributed by atoms with Gasteiger partial charge in [-0.25, -0.2) is 0 Å². The summed E-state index contributed by atoms with van der Waals surface area (Å²) in [6, 6.07) is 0. The average Bonchev–Trinajstić information content (AvgIpc) is 2.61. The van der Waals surface area contributed by atoms with Crippen molar-refractivity contribution in [2.24, 2.45) is 5.92 Å². The number of ether oxygens (including phenoxy) is 2. The van der Waals surface area contributed by atoms with Gasteiger partial charge in [0.05, 0.1) is 25.2 Å². The number of ketones is 1. The predicted octanol–water partition coefficient (Wildman–Crippen LogP) is 0.400. The van der Waals surface area contributed by atoms with Gasteiger partial charge in [-0.05, 0) is 18.4 Å². The molecule has 82 valence electrons. The highest BCUT2D eigenvalue weighted by atomic mass is 16.7. The fourth-order valence-electron chi connectivity index (χ4n) is 2.73. The lowest BCUT2D eigenvalue weighted by atomic mass is 9.85. The van der Waals surface area contributed by atoms with E-state index in [9.17, 15) is 9.90 Å². The summed E-state index contributed by atoms with van der Waals surface area (Å²) < 4.78 is 11.0. The Labute approximate surface area is 87.9 Å². The SMILES string of the molecule is O=C1CCC2=C1[C@H]1[C@H](OCC[C@H]1O)OC2. The molecule has 0 amide bonds. The van der Waals surface area contributed by atoms with E-state index in [1.54, 1.807) is 0 Å². The summed E-state index contributed by atoms with van der Waals surface area (Å²) in [5, 5.41) is 9.92. The van der Waals surface area contributed by atoms with Gasteiger partial charge in [-0.15, -0.1) is 0 Å². The van der Waals surface area contributed by atoms with Crippen LogP contribution in [0.25, 0.3) is 0 Å². The fraction of sp³-hybridized carbons (Fsp3) is 0.727. The highest BCUT2D eigenvalue weighted by molar-refractivity contribution is 5.99. The van der Waals surface area contributed by atoms with Crippen LogP contribution < -0.4 is 0 Å². The Hall–Kier alpha value is -0.710. The summed E-state index contributed by atoms with van der Waals surface area (Å²) in [5.74, 6) is -0.0645. The van der Waals surface area contributed by atoms with Gasteiger partial charge in [-0.3, -0.25) is 4.79 Å². The van der Waals surface area contributed by atoms with Crippen LogP contribution in [0.5, 0.6) is 0 Å². The normalized spacial score (nSPS) is 40.3. The van der Waals surface area contributed by atoms with Crippen molar-refractivity contribution in [3.8, 4) is 0 Å². The van der Waals surface area contributed by atoms with Crippen molar-refractivity contribution in [1.29, 1.82) is 0 Å². The quantitative estimate of drug-likeness (QED) is 0.628. The van der Waals surface area contributed by atoms with E-state index in [1.807, 2.05) is 0 Å². The number of aliphatic hydroxyl groups is 1. The molecule has 0 bridgehead atoms. The van der Waals surface area contributed by atoms with Gasteiger partial charge in [0, 0.05) is 12.0 Å². The molecule has 0 saturated carbocycles. The molecule has 0 radical (unpaired) electrons. The molecular formula is C11H14O4. The van der Waals surface area contributed by atoms with Crippen molar-refractivity contribution in [3.63, 3.8) is 0 Å². The minimum atomic E-state index is -0.490. The molecule has 4 heteroatoms. The monoisotopic (exact) mass is 210 g/mol. The van der Waals surface area contributed by atoms with E-state index in [1.165, 1.54) is 0 Å². The third kappa shape index (κ3) is 1.36. The zero-order chi connectivity index (χ0) is 10.4. The third-order valence-corrected chi connectivity index (χ3v) is 3.49. The van der Waals surface area contributed by atoms with E-state index < -0.39 is 12.4 Å². The molecule has 0 aromatic rings. The molecule has 3 aliphatic rings. The Morgan fingerprint density at radius 3 is 3.00 bits per heavy atom. The standard InChI is InChI=1S/C11H14O4/c12-7-2-1-6-5-15-11-10(9(6)7)8(13)3-4-14-11/h8,10-11,13H,1-5H2/t8-,10+,11-/m1/s1. The predicted molar refractivity (Wildman–Crippen MR) is 51.1 cm³/mol. The van der Waals surface area contributed by atoms with Crippen LogP contribution in [-0.2, 0) is 14.3 Å². The van der Waals surface area contributed by atoms with Crippen molar-refractivity contribution in [2.75, 3.05) is 13.2 Å². The molecule has 1 saturated heterocycles. The molecule has 3 rings (SSSR count). The second-order valence-electron chi connectivity index (χ2n) is 4.37. The molecule has 0 unspecified atom stereocenters. The van der Waals surface area contributed by atoms with Crippen molar-refractivity contribution in [2.45, 2.75) is 31.7 Å². The molecule has 0 aromatic carbocycles. The van der Waals surface area contributed by atoms with Gasteiger partial charge in [0.25, 0.3) is 0 Å². The Kier molecular flexibility index (Phi) is 2.16. The Balaban J connectivity index is 1.98. The number of carbonyl (C=O) groups is 1. The topological polar surface area (TPSA) is 55.8 Å². The van der Waals surface area contributed by atoms with Gasteiger partial charge < -0.3 is 14.6 Å². The molecule has 4 nitrogen and oxygen atoms in total. The van der Waals surface area contributed by atoms with Crippen LogP contribution >= 0.6 is 0 Å². The fourth-order valence-corrected chi connectivity index (χ4v) is 2.73. The lowest BCUT2D eigenvalue weighted by Crippen LogP contribution is -2.46. The minimum Gasteiger partial charge on any atom is -0.392 e. The second kappa shape index (κ2) is 3.40. The number of hydrogen-bond donors (Lipinski definition) is 1. The minimum absolute atomic E-state index is 0.174. The Morgan fingerprint density at radius 2 is 2.13 bits per heavy atom. The second-order valence-corrected chi connectivity index (χ2v) is 4.37. The average molecular weight is 210 g/mol. The molecule has 1 aliphatic carbocycles. The molecule has 15 heavy (non-hydrogen) atoms. The summed E-state index contributed by atoms with van der Waals surface area (Å²) in [5.41, 5.74) is 1.88. The van der Waals surface area contributed by atoms with Crippen LogP contribution in [0.15, 0.2) is 11.1 Å². The first kappa shape index (κ1) is 9.51. The third-order valence-electron chi connectivity index (χ3n) is 3.49. The first-order valence-electron chi connectivity index (χ1n) is 5.44. The Morgan fingerprint density at radius 1 is 1.27 bits per heavy atom. The van der Waals surface area contributed by atoms with Gasteiger partial charge in [0.15, 0.2) is 12.1 Å². The first-order chi connectivity index (χ1) is 7.27. The summed E-state index contributed by atoms with van der Waals surface area (Å²) in [4.78, 5) is 11.7. The van der Waals surface area contributed by atoms with Crippen LogP contribution in [0.2, 0.25) is 0 Å². The highest BCUT2D eigenvalue weighted by Crippen LogP contribution is 2.40. The number of rotatable bonds is 0. The first-order valence-corrected chi connectivity index (χ1v) is 5.44. The number of fused-ring (bicyclic) bond motifs is 2. The lowest BCUT2D eigenvalue weighted by Gasteiger charge is -2.39. The summed E-state index contributed by atoms with van der Waals surface area (Å²) >= 11 is 0. The summed E-state index contributed by atoms with van der Waals surface area (Å²) in [7, 11) is 0. The molecule has 1 N–H and O–H groups in total. The Bertz CT molecular complexity index is 333. The van der Waals surface area contributed by atoms with Crippen LogP contribution in [0.3, 0.4) is 0 Å². The molecule has 0 spiro atoms. The molecular weight excluding hydrogens is 196 g/mol. The molecule has 3 atom stereocenters. The highest BCUT2D eigenvalue weighted by Gasteiger charge is 2.44. The molecule has 0 aromatic heterocycles. The van der Waals surface area contributed by atoms with E-state index in [-0.39, 0.29) is 11.7 Å². The van der Waals surface area contributed by atoms with Crippen LogP contribution in [0.1, 0.15) is 19.3 Å². The zero-order valence-electron chi connectivity index (χ0n) is 8.44. The smallest absolute Gasteiger partial charge is 0.167 e. The van der Waals surface area contributed by atoms with Crippen LogP contribution in [0, 0.1) is 5.92 Å². The number of carbonyl (C=O) groups excluding carboxylic acids is 1. The van der Waals surface area contributed by atoms with Crippen LogP contribution in [-0.4, -0.2) is 36.5 Å². The maximum Gasteiger partial charge on any atom is 0.167 e. The van der Waals surface area contributed by atoms with E-state index in [0.717, 1.165) is 17.6 Å². The van der Waals surface area contributed by atoms with Crippen molar-refractivity contribution in [3.05, 3.63) is 11.1 Å². The number of hydrogen-bond acceptors (Lipinski definition) is 4. The van der Waals surface area contributed by atoms with Gasteiger partial charge in [0.2, 0.25) is 0 Å². The number of Topliss-reactive ketones (excluding diaryl/α,β-unsaturated/α-hetero) is 1. The maximum absolute atomic E-state index is 11.7. The number of aliphatic hydroxyl groups excluding tert-OH is 1. The molecule has 2 heterocycles. The molecule has 1 fully saturated rings. The maximum atomic E-state index is 11.7. The largest absolute Gasteiger partial charge is 0.392 e. The van der Waals surface area contributed by atoms with Gasteiger partial charge in [-0.2, -0.15) is 0 Å². The van der Waals surface area contributed by atoms with Crippen molar-refractivity contribution < 1.29 is 19.4 Å². The van der Waals surface area contributed by atoms with E-state index in [4.69, 9.17) is 9.47 Å². The molecule has 2 aliphatic heterocycles. The van der Waals surface area contributed by atoms with E-state index in [0.29, 0.717) is 26.1 Å². The lowest BCUT2D eigenvalue weighted by molar-refractivity contribution is -0.213. The van der Waals surface area contributed by atoms with E-state index >= 15 is 0 Å².